The van der Waals surface area contributed by atoms with Gasteiger partial charge >= 0.3 is 6.09 Å². The molecule has 29 heavy (non-hydrogen) atoms. The van der Waals surface area contributed by atoms with Gasteiger partial charge in [-0.2, -0.15) is 4.98 Å². The lowest BCUT2D eigenvalue weighted by Crippen LogP contribution is -2.49. The summed E-state index contributed by atoms with van der Waals surface area (Å²) in [5.74, 6) is 1.49. The van der Waals surface area contributed by atoms with Crippen molar-refractivity contribution in [1.29, 1.82) is 0 Å². The van der Waals surface area contributed by atoms with Crippen LogP contribution in [0.25, 0.3) is 11.3 Å². The van der Waals surface area contributed by atoms with Crippen LogP contribution in [0.15, 0.2) is 36.4 Å². The first-order valence-corrected chi connectivity index (χ1v) is 10.1. The summed E-state index contributed by atoms with van der Waals surface area (Å²) in [4.78, 5) is 27.5. The molecular weight excluding hydrogens is 368 g/mol. The van der Waals surface area contributed by atoms with Gasteiger partial charge in [-0.3, -0.25) is 0 Å². The number of anilines is 2. The fourth-order valence-corrected chi connectivity index (χ4v) is 3.13. The zero-order valence-electron chi connectivity index (χ0n) is 17.5. The Morgan fingerprint density at radius 3 is 2.52 bits per heavy atom. The van der Waals surface area contributed by atoms with Crippen molar-refractivity contribution < 1.29 is 9.53 Å². The van der Waals surface area contributed by atoms with E-state index in [9.17, 15) is 4.79 Å². The maximum atomic E-state index is 11.9. The Balaban J connectivity index is 1.77. The number of aromatic nitrogens is 2. The van der Waals surface area contributed by atoms with E-state index in [0.717, 1.165) is 30.2 Å². The molecule has 0 saturated carbocycles. The van der Waals surface area contributed by atoms with Crippen LogP contribution in [0.3, 0.4) is 0 Å². The highest BCUT2D eigenvalue weighted by molar-refractivity contribution is 5.68. The van der Waals surface area contributed by atoms with E-state index in [1.807, 2.05) is 45.3 Å². The minimum atomic E-state index is -0.253. The summed E-state index contributed by atoms with van der Waals surface area (Å²) in [6.07, 6.45) is -0.253. The smallest absolute Gasteiger partial charge is 0.409 e. The molecule has 1 saturated heterocycles. The van der Waals surface area contributed by atoms with E-state index < -0.39 is 0 Å². The first kappa shape index (κ1) is 20.9. The van der Waals surface area contributed by atoms with Crippen molar-refractivity contribution in [2.24, 2.45) is 0 Å². The van der Waals surface area contributed by atoms with Gasteiger partial charge in [0.15, 0.2) is 0 Å². The average molecular weight is 399 g/mol. The SMILES string of the molecule is CCOC(=O)N1CCN(c2nc(NCCN(C)C)cc(-c3ccccc3)n2)CC1. The predicted octanol–water partition coefficient (Wildman–Crippen LogP) is 2.40. The van der Waals surface area contributed by atoms with Crippen molar-refractivity contribution >= 4 is 17.9 Å². The molecule has 3 rings (SSSR count). The van der Waals surface area contributed by atoms with E-state index in [2.05, 4.69) is 27.2 Å². The molecule has 0 bridgehead atoms. The number of nitrogens with zero attached hydrogens (tertiary/aromatic N) is 5. The van der Waals surface area contributed by atoms with Crippen molar-refractivity contribution in [1.82, 2.24) is 19.8 Å². The molecular formula is C21H30N6O2. The predicted molar refractivity (Wildman–Crippen MR) is 115 cm³/mol. The van der Waals surface area contributed by atoms with Gasteiger partial charge in [-0.25, -0.2) is 9.78 Å². The first-order valence-electron chi connectivity index (χ1n) is 10.1. The standard InChI is InChI=1S/C21H30N6O2/c1-4-29-21(28)27-14-12-26(13-15-27)20-23-18(17-8-6-5-7-9-17)16-19(24-20)22-10-11-25(2)3/h5-9,16H,4,10-15H2,1-3H3,(H,22,23,24). The number of likely N-dealkylation sites (N-methyl/N-ethyl adjacent to an activating group) is 1. The highest BCUT2D eigenvalue weighted by atomic mass is 16.6. The molecule has 0 atom stereocenters. The molecule has 1 aliphatic rings. The van der Waals surface area contributed by atoms with Crippen molar-refractivity contribution in [3.8, 4) is 11.3 Å². The summed E-state index contributed by atoms with van der Waals surface area (Å²) < 4.78 is 5.11. The molecule has 8 nitrogen and oxygen atoms in total. The number of hydrogen-bond acceptors (Lipinski definition) is 7. The van der Waals surface area contributed by atoms with Gasteiger partial charge in [0.25, 0.3) is 0 Å². The second-order valence-corrected chi connectivity index (χ2v) is 7.21. The highest BCUT2D eigenvalue weighted by Crippen LogP contribution is 2.23. The average Bonchev–Trinajstić information content (AvgIpc) is 2.74. The minimum absolute atomic E-state index is 0.253. The van der Waals surface area contributed by atoms with Crippen LogP contribution < -0.4 is 10.2 Å². The molecule has 0 unspecified atom stereocenters. The quantitative estimate of drug-likeness (QED) is 0.768. The molecule has 1 aromatic heterocycles. The lowest BCUT2D eigenvalue weighted by atomic mass is 10.1. The van der Waals surface area contributed by atoms with Gasteiger partial charge < -0.3 is 24.8 Å². The van der Waals surface area contributed by atoms with Crippen LogP contribution >= 0.6 is 0 Å². The Hall–Kier alpha value is -2.87. The van der Waals surface area contributed by atoms with E-state index in [-0.39, 0.29) is 6.09 Å². The summed E-state index contributed by atoms with van der Waals surface area (Å²) in [6.45, 7) is 6.47. The number of ether oxygens (including phenoxy) is 1. The molecule has 0 radical (unpaired) electrons. The van der Waals surface area contributed by atoms with Crippen LogP contribution in [0.4, 0.5) is 16.6 Å². The third-order valence-corrected chi connectivity index (χ3v) is 4.74. The van der Waals surface area contributed by atoms with Crippen LogP contribution in [-0.2, 0) is 4.74 Å². The second kappa shape index (κ2) is 10.1. The topological polar surface area (TPSA) is 73.8 Å². The second-order valence-electron chi connectivity index (χ2n) is 7.21. The number of hydrogen-bond donors (Lipinski definition) is 1. The van der Waals surface area contributed by atoms with Gasteiger partial charge in [-0.1, -0.05) is 30.3 Å². The lowest BCUT2D eigenvalue weighted by Gasteiger charge is -2.34. The van der Waals surface area contributed by atoms with E-state index in [0.29, 0.717) is 38.7 Å². The first-order chi connectivity index (χ1) is 14.1. The normalized spacial score (nSPS) is 14.2. The van der Waals surface area contributed by atoms with Gasteiger partial charge in [0, 0.05) is 50.9 Å². The van der Waals surface area contributed by atoms with Crippen LogP contribution in [0, 0.1) is 0 Å². The summed E-state index contributed by atoms with van der Waals surface area (Å²) in [6, 6.07) is 12.1. The zero-order valence-corrected chi connectivity index (χ0v) is 17.5. The van der Waals surface area contributed by atoms with Crippen LogP contribution in [0.5, 0.6) is 0 Å². The number of piperazine rings is 1. The summed E-state index contributed by atoms with van der Waals surface area (Å²) in [5.41, 5.74) is 1.94. The summed E-state index contributed by atoms with van der Waals surface area (Å²) in [7, 11) is 4.09. The Labute approximate surface area is 172 Å². The minimum Gasteiger partial charge on any atom is -0.450 e. The Kier molecular flexibility index (Phi) is 7.24. The molecule has 2 heterocycles. The van der Waals surface area contributed by atoms with Gasteiger partial charge in [0.05, 0.1) is 12.3 Å². The maximum Gasteiger partial charge on any atom is 0.409 e. The maximum absolute atomic E-state index is 11.9. The Morgan fingerprint density at radius 2 is 1.86 bits per heavy atom. The summed E-state index contributed by atoms with van der Waals surface area (Å²) in [5, 5.41) is 3.41. The molecule has 1 amide bonds. The van der Waals surface area contributed by atoms with Crippen molar-refractivity contribution in [2.45, 2.75) is 6.92 Å². The number of carbonyl (C=O) groups is 1. The third-order valence-electron chi connectivity index (χ3n) is 4.74. The van der Waals surface area contributed by atoms with E-state index in [1.165, 1.54) is 0 Å². The number of carbonyl (C=O) groups excluding carboxylic acids is 1. The molecule has 8 heteroatoms. The summed E-state index contributed by atoms with van der Waals surface area (Å²) >= 11 is 0. The molecule has 0 aliphatic carbocycles. The zero-order chi connectivity index (χ0) is 20.6. The van der Waals surface area contributed by atoms with Gasteiger partial charge in [-0.05, 0) is 21.0 Å². The highest BCUT2D eigenvalue weighted by Gasteiger charge is 2.24. The van der Waals surface area contributed by atoms with Gasteiger partial charge in [-0.15, -0.1) is 0 Å². The molecule has 156 valence electrons. The molecule has 1 aliphatic heterocycles. The molecule has 2 aromatic rings. The van der Waals surface area contributed by atoms with Gasteiger partial charge in [0.1, 0.15) is 5.82 Å². The Morgan fingerprint density at radius 1 is 1.14 bits per heavy atom. The lowest BCUT2D eigenvalue weighted by molar-refractivity contribution is 0.105. The molecule has 1 N–H and O–H groups in total. The van der Waals surface area contributed by atoms with Crippen molar-refractivity contribution in [3.05, 3.63) is 36.4 Å². The van der Waals surface area contributed by atoms with Crippen LogP contribution in [0.1, 0.15) is 6.92 Å². The molecule has 1 fully saturated rings. The van der Waals surface area contributed by atoms with Crippen LogP contribution in [-0.4, -0.2) is 85.8 Å². The number of amides is 1. The van der Waals surface area contributed by atoms with E-state index in [4.69, 9.17) is 14.7 Å². The Bertz CT molecular complexity index is 791. The fourth-order valence-electron chi connectivity index (χ4n) is 3.13. The number of nitrogens with one attached hydrogen (secondary N) is 1. The fraction of sp³-hybridized carbons (Fsp3) is 0.476. The molecule has 0 spiro atoms. The number of benzene rings is 1. The van der Waals surface area contributed by atoms with Crippen molar-refractivity contribution in [3.63, 3.8) is 0 Å². The number of rotatable bonds is 7. The monoisotopic (exact) mass is 398 g/mol. The third kappa shape index (κ3) is 5.80. The van der Waals surface area contributed by atoms with Gasteiger partial charge in [0.2, 0.25) is 5.95 Å². The van der Waals surface area contributed by atoms with E-state index in [1.54, 1.807) is 4.90 Å². The molecule has 1 aromatic carbocycles. The largest absolute Gasteiger partial charge is 0.450 e. The van der Waals surface area contributed by atoms with E-state index >= 15 is 0 Å². The van der Waals surface area contributed by atoms with Crippen LogP contribution in [0.2, 0.25) is 0 Å². The van der Waals surface area contributed by atoms with Crippen molar-refractivity contribution in [2.75, 3.05) is 70.2 Å².